The molecule has 0 aliphatic carbocycles. The molecular weight excluding hydrogens is 286 g/mol. The van der Waals surface area contributed by atoms with E-state index in [1.807, 2.05) is 31.3 Å². The van der Waals surface area contributed by atoms with Gasteiger partial charge >= 0.3 is 0 Å². The number of hydrogen-bond acceptors (Lipinski definition) is 5. The number of carbonyl (C=O) groups is 1. The monoisotopic (exact) mass is 307 g/mol. The molecule has 2 aromatic rings. The molecule has 0 saturated heterocycles. The van der Waals surface area contributed by atoms with Crippen LogP contribution < -0.4 is 5.32 Å². The number of nitrogens with one attached hydrogen (secondary N) is 1. The first-order chi connectivity index (χ1) is 10.7. The lowest BCUT2D eigenvalue weighted by atomic mass is 10.2. The molecule has 0 atom stereocenters. The van der Waals surface area contributed by atoms with E-state index in [0.717, 1.165) is 10.9 Å². The second-order valence-corrected chi connectivity index (χ2v) is 4.70. The van der Waals surface area contributed by atoms with Gasteiger partial charge in [-0.3, -0.25) is 9.48 Å². The summed E-state index contributed by atoms with van der Waals surface area (Å²) in [6.45, 7) is 1.83. The summed E-state index contributed by atoms with van der Waals surface area (Å²) >= 11 is 0. The van der Waals surface area contributed by atoms with Crippen LogP contribution in [-0.2, 0) is 26.1 Å². The average molecular weight is 307 g/mol. The number of ether oxygens (including phenoxy) is 3. The molecule has 1 aromatic carbocycles. The summed E-state index contributed by atoms with van der Waals surface area (Å²) in [6, 6.07) is 7.71. The Morgan fingerprint density at radius 3 is 2.73 bits per heavy atom. The predicted octanol–water partition coefficient (Wildman–Crippen LogP) is 1.19. The van der Waals surface area contributed by atoms with Gasteiger partial charge in [-0.05, 0) is 12.1 Å². The van der Waals surface area contributed by atoms with Crippen LogP contribution in [0.5, 0.6) is 0 Å². The Morgan fingerprint density at radius 2 is 1.91 bits per heavy atom. The molecule has 1 heterocycles. The minimum atomic E-state index is -0.235. The van der Waals surface area contributed by atoms with E-state index in [4.69, 9.17) is 14.2 Å². The minimum Gasteiger partial charge on any atom is -0.382 e. The Bertz CT molecular complexity index is 612. The molecule has 0 aliphatic heterocycles. The number of para-hydroxylation sites is 1. The van der Waals surface area contributed by atoms with Crippen molar-refractivity contribution in [2.75, 3.05) is 45.5 Å². The smallest absolute Gasteiger partial charge is 0.251 e. The number of carbonyl (C=O) groups excluding carboxylic acids is 1. The molecule has 7 heteroatoms. The first-order valence-corrected chi connectivity index (χ1v) is 7.08. The third-order valence-electron chi connectivity index (χ3n) is 3.05. The van der Waals surface area contributed by atoms with Crippen molar-refractivity contribution in [1.82, 2.24) is 9.78 Å². The second kappa shape index (κ2) is 8.47. The zero-order valence-electron chi connectivity index (χ0n) is 12.9. The van der Waals surface area contributed by atoms with Crippen molar-refractivity contribution in [2.24, 2.45) is 7.05 Å². The molecule has 22 heavy (non-hydrogen) atoms. The topological polar surface area (TPSA) is 74.6 Å². The molecule has 1 N–H and O–H groups in total. The van der Waals surface area contributed by atoms with Gasteiger partial charge in [0.25, 0.3) is 5.91 Å². The normalized spacial score (nSPS) is 11.0. The first kappa shape index (κ1) is 16.4. The zero-order valence-corrected chi connectivity index (χ0v) is 12.9. The number of fused-ring (bicyclic) bond motifs is 1. The highest BCUT2D eigenvalue weighted by atomic mass is 16.5. The van der Waals surface area contributed by atoms with E-state index in [1.165, 1.54) is 0 Å². The first-order valence-electron chi connectivity index (χ1n) is 7.08. The van der Waals surface area contributed by atoms with Crippen LogP contribution in [0.1, 0.15) is 0 Å². The number of hydrogen-bond donors (Lipinski definition) is 1. The van der Waals surface area contributed by atoms with E-state index in [9.17, 15) is 4.79 Å². The molecule has 0 radical (unpaired) electrons. The molecule has 1 aromatic heterocycles. The van der Waals surface area contributed by atoms with Crippen molar-refractivity contribution in [3.63, 3.8) is 0 Å². The minimum absolute atomic E-state index is 0.0292. The summed E-state index contributed by atoms with van der Waals surface area (Å²) in [5.41, 5.74) is 0.963. The van der Waals surface area contributed by atoms with Gasteiger partial charge in [-0.15, -0.1) is 0 Å². The lowest BCUT2D eigenvalue weighted by Gasteiger charge is -2.05. The highest BCUT2D eigenvalue weighted by molar-refractivity contribution is 6.00. The number of anilines is 1. The number of benzene rings is 1. The van der Waals surface area contributed by atoms with Crippen LogP contribution in [-0.4, -0.2) is 55.8 Å². The van der Waals surface area contributed by atoms with Crippen molar-refractivity contribution in [2.45, 2.75) is 0 Å². The fraction of sp³-hybridized carbons (Fsp3) is 0.467. The van der Waals surface area contributed by atoms with Gasteiger partial charge in [0.05, 0.1) is 31.9 Å². The third kappa shape index (κ3) is 4.52. The van der Waals surface area contributed by atoms with Crippen molar-refractivity contribution in [3.05, 3.63) is 24.3 Å². The van der Waals surface area contributed by atoms with Gasteiger partial charge in [-0.25, -0.2) is 0 Å². The maximum Gasteiger partial charge on any atom is 0.251 e. The molecule has 0 spiro atoms. The van der Waals surface area contributed by atoms with Gasteiger partial charge in [0.2, 0.25) is 0 Å². The molecule has 0 unspecified atom stereocenters. The van der Waals surface area contributed by atoms with Crippen molar-refractivity contribution < 1.29 is 19.0 Å². The van der Waals surface area contributed by atoms with E-state index in [-0.39, 0.29) is 12.5 Å². The highest BCUT2D eigenvalue weighted by Crippen LogP contribution is 2.21. The van der Waals surface area contributed by atoms with Gasteiger partial charge in [0.1, 0.15) is 6.61 Å². The van der Waals surface area contributed by atoms with Gasteiger partial charge in [0.15, 0.2) is 5.82 Å². The van der Waals surface area contributed by atoms with Gasteiger partial charge in [0, 0.05) is 19.5 Å². The van der Waals surface area contributed by atoms with E-state index in [0.29, 0.717) is 32.2 Å². The molecule has 2 rings (SSSR count). The van der Waals surface area contributed by atoms with Gasteiger partial charge in [-0.2, -0.15) is 5.10 Å². The number of aryl methyl sites for hydroxylation is 1. The molecule has 1 amide bonds. The third-order valence-corrected chi connectivity index (χ3v) is 3.05. The Balaban J connectivity index is 1.75. The summed E-state index contributed by atoms with van der Waals surface area (Å²) in [5, 5.41) is 7.96. The van der Waals surface area contributed by atoms with Crippen LogP contribution >= 0.6 is 0 Å². The summed E-state index contributed by atoms with van der Waals surface area (Å²) in [4.78, 5) is 11.9. The van der Waals surface area contributed by atoms with Crippen molar-refractivity contribution >= 4 is 22.6 Å². The molecular formula is C15H21N3O4. The van der Waals surface area contributed by atoms with Crippen LogP contribution in [0, 0.1) is 0 Å². The molecule has 120 valence electrons. The quantitative estimate of drug-likeness (QED) is 0.704. The van der Waals surface area contributed by atoms with Crippen LogP contribution in [0.3, 0.4) is 0 Å². The summed E-state index contributed by atoms with van der Waals surface area (Å²) in [6.07, 6.45) is 0. The lowest BCUT2D eigenvalue weighted by molar-refractivity contribution is -0.121. The zero-order chi connectivity index (χ0) is 15.8. The molecule has 7 nitrogen and oxygen atoms in total. The molecule has 0 fully saturated rings. The molecule has 0 saturated carbocycles. The second-order valence-electron chi connectivity index (χ2n) is 4.70. The van der Waals surface area contributed by atoms with E-state index in [2.05, 4.69) is 10.4 Å². The number of nitrogens with zero attached hydrogens (tertiary/aromatic N) is 2. The van der Waals surface area contributed by atoms with Crippen LogP contribution in [0.25, 0.3) is 10.9 Å². The Hall–Kier alpha value is -1.96. The van der Waals surface area contributed by atoms with Crippen molar-refractivity contribution in [3.8, 4) is 0 Å². The highest BCUT2D eigenvalue weighted by Gasteiger charge is 2.10. The van der Waals surface area contributed by atoms with Gasteiger partial charge in [-0.1, -0.05) is 12.1 Å². The Kier molecular flexibility index (Phi) is 6.32. The SMILES string of the molecule is COCCOCCOCC(=O)Nc1nn(C)c2ccccc12. The maximum atomic E-state index is 11.9. The number of amides is 1. The average Bonchev–Trinajstić information content (AvgIpc) is 2.83. The standard InChI is InChI=1S/C15H21N3O4/c1-18-13-6-4-3-5-12(13)15(17-18)16-14(19)11-22-10-9-21-8-7-20-2/h3-6H,7-11H2,1-2H3,(H,16,17,19). The lowest BCUT2D eigenvalue weighted by Crippen LogP contribution is -2.20. The van der Waals surface area contributed by atoms with Gasteiger partial charge < -0.3 is 19.5 Å². The number of aromatic nitrogens is 2. The summed E-state index contributed by atoms with van der Waals surface area (Å²) in [5.74, 6) is 0.309. The molecule has 0 bridgehead atoms. The van der Waals surface area contributed by atoms with E-state index >= 15 is 0 Å². The Labute approximate surface area is 129 Å². The number of methoxy groups -OCH3 is 1. The predicted molar refractivity (Wildman–Crippen MR) is 82.9 cm³/mol. The maximum absolute atomic E-state index is 11.9. The fourth-order valence-electron chi connectivity index (χ4n) is 2.00. The van der Waals surface area contributed by atoms with E-state index < -0.39 is 0 Å². The largest absolute Gasteiger partial charge is 0.382 e. The number of rotatable bonds is 9. The molecule has 0 aliphatic rings. The van der Waals surface area contributed by atoms with Crippen molar-refractivity contribution in [1.29, 1.82) is 0 Å². The van der Waals surface area contributed by atoms with Crippen LogP contribution in [0.4, 0.5) is 5.82 Å². The summed E-state index contributed by atoms with van der Waals surface area (Å²) in [7, 11) is 3.46. The van der Waals surface area contributed by atoms with E-state index in [1.54, 1.807) is 11.8 Å². The fourth-order valence-corrected chi connectivity index (χ4v) is 2.00. The van der Waals surface area contributed by atoms with Crippen LogP contribution in [0.2, 0.25) is 0 Å². The summed E-state index contributed by atoms with van der Waals surface area (Å²) < 4.78 is 17.1. The van der Waals surface area contributed by atoms with Crippen LogP contribution in [0.15, 0.2) is 24.3 Å². The Morgan fingerprint density at radius 1 is 1.18 bits per heavy atom.